The van der Waals surface area contributed by atoms with Gasteiger partial charge in [0.05, 0.1) is 0 Å². The smallest absolute Gasteiger partial charge is 0.187 e. The first-order chi connectivity index (χ1) is 9.08. The first-order valence-electron chi connectivity index (χ1n) is 6.00. The van der Waals surface area contributed by atoms with Crippen LogP contribution in [0, 0.1) is 18.6 Å². The van der Waals surface area contributed by atoms with Gasteiger partial charge in [0.1, 0.15) is 0 Å². The molecular weight excluding hydrogens is 248 g/mol. The average molecular weight is 263 g/mol. The van der Waals surface area contributed by atoms with Crippen molar-refractivity contribution in [3.05, 3.63) is 64.7 Å². The van der Waals surface area contributed by atoms with Crippen LogP contribution in [0.25, 0.3) is 0 Å². The quantitative estimate of drug-likeness (QED) is 0.887. The topological polar surface area (TPSA) is 32.3 Å². The first kappa shape index (κ1) is 13.5. The van der Waals surface area contributed by atoms with Crippen molar-refractivity contribution in [1.82, 2.24) is 5.32 Å². The zero-order valence-electron chi connectivity index (χ0n) is 10.6. The van der Waals surface area contributed by atoms with Gasteiger partial charge in [0.2, 0.25) is 0 Å². The fourth-order valence-corrected chi connectivity index (χ4v) is 1.87. The molecule has 2 N–H and O–H groups in total. The van der Waals surface area contributed by atoms with E-state index in [1.807, 2.05) is 31.2 Å². The van der Waals surface area contributed by atoms with Crippen molar-refractivity contribution in [3.8, 4) is 5.75 Å². The molecule has 19 heavy (non-hydrogen) atoms. The van der Waals surface area contributed by atoms with E-state index in [2.05, 4.69) is 5.32 Å². The highest BCUT2D eigenvalue weighted by Gasteiger charge is 2.09. The summed E-state index contributed by atoms with van der Waals surface area (Å²) in [6.07, 6.45) is 0. The lowest BCUT2D eigenvalue weighted by Gasteiger charge is -2.08. The van der Waals surface area contributed by atoms with Crippen LogP contribution in [0.3, 0.4) is 0 Å². The van der Waals surface area contributed by atoms with Crippen LogP contribution in [0.2, 0.25) is 0 Å². The number of aromatic hydroxyl groups is 1. The molecule has 100 valence electrons. The molecule has 2 aromatic carbocycles. The number of benzene rings is 2. The standard InChI is InChI=1S/C15H15F2NO/c1-10-4-2-3-5-12(10)9-18-8-11-6-13(16)15(19)14(17)7-11/h2-7,18-19H,8-9H2,1H3. The average Bonchev–Trinajstić information content (AvgIpc) is 2.38. The minimum atomic E-state index is -0.937. The second-order valence-corrected chi connectivity index (χ2v) is 4.44. The Morgan fingerprint density at radius 1 is 1.05 bits per heavy atom. The van der Waals surface area contributed by atoms with Gasteiger partial charge in [-0.15, -0.1) is 0 Å². The van der Waals surface area contributed by atoms with Gasteiger partial charge in [0.15, 0.2) is 17.4 Å². The van der Waals surface area contributed by atoms with Crippen LogP contribution in [-0.2, 0) is 13.1 Å². The molecule has 2 rings (SSSR count). The van der Waals surface area contributed by atoms with E-state index >= 15 is 0 Å². The van der Waals surface area contributed by atoms with Crippen LogP contribution in [0.5, 0.6) is 5.75 Å². The molecule has 0 amide bonds. The molecule has 2 nitrogen and oxygen atoms in total. The Balaban J connectivity index is 1.98. The fraction of sp³-hybridized carbons (Fsp3) is 0.200. The second kappa shape index (κ2) is 5.80. The summed E-state index contributed by atoms with van der Waals surface area (Å²) in [7, 11) is 0. The van der Waals surface area contributed by atoms with Gasteiger partial charge in [-0.25, -0.2) is 8.78 Å². The lowest BCUT2D eigenvalue weighted by Crippen LogP contribution is -2.13. The largest absolute Gasteiger partial charge is 0.503 e. The summed E-state index contributed by atoms with van der Waals surface area (Å²) in [6.45, 7) is 2.97. The van der Waals surface area contributed by atoms with Gasteiger partial charge in [-0.05, 0) is 35.7 Å². The van der Waals surface area contributed by atoms with Gasteiger partial charge in [0, 0.05) is 13.1 Å². The molecule has 0 atom stereocenters. The Hall–Kier alpha value is -1.94. The van der Waals surface area contributed by atoms with Crippen molar-refractivity contribution in [2.75, 3.05) is 0 Å². The van der Waals surface area contributed by atoms with Crippen molar-refractivity contribution in [2.45, 2.75) is 20.0 Å². The van der Waals surface area contributed by atoms with Gasteiger partial charge < -0.3 is 10.4 Å². The summed E-state index contributed by atoms with van der Waals surface area (Å²) in [5.41, 5.74) is 2.77. The van der Waals surface area contributed by atoms with E-state index in [9.17, 15) is 8.78 Å². The van der Waals surface area contributed by atoms with E-state index in [0.717, 1.165) is 23.3 Å². The van der Waals surface area contributed by atoms with Crippen LogP contribution in [0.15, 0.2) is 36.4 Å². The van der Waals surface area contributed by atoms with Crippen molar-refractivity contribution in [2.24, 2.45) is 0 Å². The summed E-state index contributed by atoms with van der Waals surface area (Å²) in [5.74, 6) is -2.80. The van der Waals surface area contributed by atoms with E-state index in [-0.39, 0.29) is 0 Å². The Kier molecular flexibility index (Phi) is 4.12. The number of halogens is 2. The molecule has 0 aromatic heterocycles. The number of phenolic OH excluding ortho intramolecular Hbond substituents is 1. The van der Waals surface area contributed by atoms with Crippen LogP contribution < -0.4 is 5.32 Å². The first-order valence-corrected chi connectivity index (χ1v) is 6.00. The zero-order chi connectivity index (χ0) is 13.8. The zero-order valence-corrected chi connectivity index (χ0v) is 10.6. The monoisotopic (exact) mass is 263 g/mol. The van der Waals surface area contributed by atoms with Gasteiger partial charge in [-0.1, -0.05) is 24.3 Å². The minimum Gasteiger partial charge on any atom is -0.503 e. The second-order valence-electron chi connectivity index (χ2n) is 4.44. The molecule has 2 aromatic rings. The number of hydrogen-bond donors (Lipinski definition) is 2. The highest BCUT2D eigenvalue weighted by Crippen LogP contribution is 2.21. The molecule has 0 aliphatic carbocycles. The summed E-state index contributed by atoms with van der Waals surface area (Å²) >= 11 is 0. The number of hydrogen-bond acceptors (Lipinski definition) is 2. The third-order valence-corrected chi connectivity index (χ3v) is 2.98. The Morgan fingerprint density at radius 2 is 1.68 bits per heavy atom. The lowest BCUT2D eigenvalue weighted by atomic mass is 10.1. The molecule has 0 unspecified atom stereocenters. The van der Waals surface area contributed by atoms with Crippen LogP contribution in [0.1, 0.15) is 16.7 Å². The van der Waals surface area contributed by atoms with E-state index in [0.29, 0.717) is 18.7 Å². The van der Waals surface area contributed by atoms with Gasteiger partial charge in [0.25, 0.3) is 0 Å². The van der Waals surface area contributed by atoms with Crippen molar-refractivity contribution in [3.63, 3.8) is 0 Å². The van der Waals surface area contributed by atoms with Gasteiger partial charge in [-0.3, -0.25) is 0 Å². The van der Waals surface area contributed by atoms with Crippen LogP contribution in [-0.4, -0.2) is 5.11 Å². The minimum absolute atomic E-state index is 0.336. The predicted octanol–water partition coefficient (Wildman–Crippen LogP) is 3.27. The van der Waals surface area contributed by atoms with Crippen molar-refractivity contribution < 1.29 is 13.9 Å². The number of aryl methyl sites for hydroxylation is 1. The molecule has 0 aliphatic heterocycles. The van der Waals surface area contributed by atoms with Gasteiger partial charge in [-0.2, -0.15) is 0 Å². The fourth-order valence-electron chi connectivity index (χ4n) is 1.87. The number of rotatable bonds is 4. The molecule has 0 aliphatic rings. The van der Waals surface area contributed by atoms with Gasteiger partial charge >= 0.3 is 0 Å². The third-order valence-electron chi connectivity index (χ3n) is 2.98. The van der Waals surface area contributed by atoms with Crippen molar-refractivity contribution >= 4 is 0 Å². The molecule has 0 fully saturated rings. The maximum atomic E-state index is 13.1. The summed E-state index contributed by atoms with van der Waals surface area (Å²) < 4.78 is 26.3. The van der Waals surface area contributed by atoms with E-state index in [1.54, 1.807) is 0 Å². The highest BCUT2D eigenvalue weighted by atomic mass is 19.1. The molecular formula is C15H15F2NO. The SMILES string of the molecule is Cc1ccccc1CNCc1cc(F)c(O)c(F)c1. The number of phenols is 1. The molecule has 0 radical (unpaired) electrons. The van der Waals surface area contributed by atoms with E-state index in [4.69, 9.17) is 5.11 Å². The Labute approximate surface area is 110 Å². The Bertz CT molecular complexity index is 561. The molecule has 0 saturated heterocycles. The van der Waals surface area contributed by atoms with Crippen LogP contribution >= 0.6 is 0 Å². The van der Waals surface area contributed by atoms with Crippen molar-refractivity contribution in [1.29, 1.82) is 0 Å². The molecule has 0 bridgehead atoms. The van der Waals surface area contributed by atoms with E-state index in [1.165, 1.54) is 0 Å². The van der Waals surface area contributed by atoms with Crippen LogP contribution in [0.4, 0.5) is 8.78 Å². The normalized spacial score (nSPS) is 10.7. The maximum absolute atomic E-state index is 13.1. The lowest BCUT2D eigenvalue weighted by molar-refractivity contribution is 0.395. The molecule has 0 spiro atoms. The summed E-state index contributed by atoms with van der Waals surface area (Å²) in [4.78, 5) is 0. The summed E-state index contributed by atoms with van der Waals surface area (Å²) in [5, 5.41) is 12.1. The molecule has 0 saturated carbocycles. The summed E-state index contributed by atoms with van der Waals surface area (Å²) in [6, 6.07) is 10.2. The molecule has 4 heteroatoms. The third kappa shape index (κ3) is 3.29. The molecule has 0 heterocycles. The maximum Gasteiger partial charge on any atom is 0.187 e. The number of nitrogens with one attached hydrogen (secondary N) is 1. The van der Waals surface area contributed by atoms with E-state index < -0.39 is 17.4 Å². The Morgan fingerprint density at radius 3 is 2.32 bits per heavy atom. The predicted molar refractivity (Wildman–Crippen MR) is 69.7 cm³/mol. The highest BCUT2D eigenvalue weighted by molar-refractivity contribution is 5.30.